The lowest BCUT2D eigenvalue weighted by Gasteiger charge is -2.06. The van der Waals surface area contributed by atoms with E-state index in [4.69, 9.17) is 16.3 Å². The van der Waals surface area contributed by atoms with Gasteiger partial charge in [0.15, 0.2) is 0 Å². The van der Waals surface area contributed by atoms with Crippen molar-refractivity contribution in [1.82, 2.24) is 24.5 Å². The minimum absolute atomic E-state index is 0.151. The second-order valence-corrected chi connectivity index (χ2v) is 4.16. The molecule has 0 aliphatic carbocycles. The molecule has 0 saturated carbocycles. The molecule has 0 spiro atoms. The summed E-state index contributed by atoms with van der Waals surface area (Å²) in [6.07, 6.45) is 6.95. The van der Waals surface area contributed by atoms with Crippen molar-refractivity contribution < 1.29 is 4.74 Å². The second kappa shape index (κ2) is 7.01. The van der Waals surface area contributed by atoms with E-state index in [0.29, 0.717) is 11.9 Å². The van der Waals surface area contributed by atoms with Crippen LogP contribution in [0.2, 0.25) is 5.28 Å². The van der Waals surface area contributed by atoms with Gasteiger partial charge in [-0.3, -0.25) is 4.57 Å². The fourth-order valence-corrected chi connectivity index (χ4v) is 1.64. The molecule has 2 aromatic rings. The first-order valence-electron chi connectivity index (χ1n) is 5.92. The summed E-state index contributed by atoms with van der Waals surface area (Å²) in [5, 5.41) is 3.26. The fourth-order valence-electron chi connectivity index (χ4n) is 1.48. The summed E-state index contributed by atoms with van der Waals surface area (Å²) in [7, 11) is 1.69. The highest BCUT2D eigenvalue weighted by atomic mass is 35.5. The van der Waals surface area contributed by atoms with Crippen molar-refractivity contribution in [3.8, 4) is 5.95 Å². The molecule has 1 N–H and O–H groups in total. The molecule has 0 unspecified atom stereocenters. The van der Waals surface area contributed by atoms with Crippen molar-refractivity contribution in [1.29, 1.82) is 0 Å². The summed E-state index contributed by atoms with van der Waals surface area (Å²) >= 11 is 5.87. The van der Waals surface area contributed by atoms with Gasteiger partial charge in [-0.25, -0.2) is 4.98 Å². The minimum Gasteiger partial charge on any atom is -0.385 e. The van der Waals surface area contributed by atoms with E-state index in [1.165, 1.54) is 0 Å². The zero-order valence-electron chi connectivity index (χ0n) is 10.6. The van der Waals surface area contributed by atoms with Crippen LogP contribution in [0.25, 0.3) is 5.95 Å². The molecule has 2 rings (SSSR count). The van der Waals surface area contributed by atoms with Crippen LogP contribution in [0.3, 0.4) is 0 Å². The number of aromatic nitrogens is 5. The molecule has 0 atom stereocenters. The Morgan fingerprint density at radius 2 is 2.21 bits per heavy atom. The summed E-state index contributed by atoms with van der Waals surface area (Å²) in [6, 6.07) is 0. The monoisotopic (exact) mass is 282 g/mol. The van der Waals surface area contributed by atoms with E-state index in [1.54, 1.807) is 30.4 Å². The van der Waals surface area contributed by atoms with E-state index in [2.05, 4.69) is 25.3 Å². The van der Waals surface area contributed by atoms with Gasteiger partial charge in [-0.2, -0.15) is 15.0 Å². The van der Waals surface area contributed by atoms with Gasteiger partial charge in [-0.15, -0.1) is 0 Å². The molecule has 0 aromatic carbocycles. The number of methoxy groups -OCH3 is 1. The summed E-state index contributed by atoms with van der Waals surface area (Å²) in [5.41, 5.74) is 0. The van der Waals surface area contributed by atoms with Crippen molar-refractivity contribution in [2.75, 3.05) is 25.6 Å². The third-order valence-electron chi connectivity index (χ3n) is 2.39. The number of hydrogen-bond donors (Lipinski definition) is 1. The van der Waals surface area contributed by atoms with Crippen LogP contribution < -0.4 is 5.32 Å². The van der Waals surface area contributed by atoms with Gasteiger partial charge in [-0.05, 0) is 24.4 Å². The van der Waals surface area contributed by atoms with Crippen LogP contribution in [0.15, 0.2) is 18.7 Å². The maximum atomic E-state index is 5.87. The molecule has 2 aromatic heterocycles. The number of hydrogen-bond acceptors (Lipinski definition) is 6. The first kappa shape index (κ1) is 13.7. The van der Waals surface area contributed by atoms with Gasteiger partial charge in [0, 0.05) is 32.7 Å². The summed E-state index contributed by atoms with van der Waals surface area (Å²) in [4.78, 5) is 16.3. The van der Waals surface area contributed by atoms with Crippen molar-refractivity contribution in [3.05, 3.63) is 24.0 Å². The van der Waals surface area contributed by atoms with Crippen LogP contribution in [0, 0.1) is 0 Å². The number of imidazole rings is 1. The average Bonchev–Trinajstić information content (AvgIpc) is 2.92. The van der Waals surface area contributed by atoms with Gasteiger partial charge < -0.3 is 10.1 Å². The number of rotatable bonds is 7. The molecular formula is C11H15ClN6O. The SMILES string of the molecule is COCCCCNc1nc(Cl)nc(-n2ccnc2)n1. The lowest BCUT2D eigenvalue weighted by atomic mass is 10.3. The van der Waals surface area contributed by atoms with Crippen LogP contribution in [-0.2, 0) is 4.74 Å². The Morgan fingerprint density at radius 3 is 2.95 bits per heavy atom. The molecular weight excluding hydrogens is 268 g/mol. The molecule has 0 saturated heterocycles. The third-order valence-corrected chi connectivity index (χ3v) is 2.56. The number of halogens is 1. The molecule has 0 aliphatic heterocycles. The standard InChI is InChI=1S/C11H15ClN6O/c1-19-7-3-2-4-14-10-15-9(12)16-11(17-10)18-6-5-13-8-18/h5-6,8H,2-4,7H2,1H3,(H,14,15,16,17). The van der Waals surface area contributed by atoms with Gasteiger partial charge in [0.2, 0.25) is 17.2 Å². The second-order valence-electron chi connectivity index (χ2n) is 3.82. The number of unbranched alkanes of at least 4 members (excludes halogenated alkanes) is 1. The molecule has 19 heavy (non-hydrogen) atoms. The van der Waals surface area contributed by atoms with Crippen LogP contribution in [0.4, 0.5) is 5.95 Å². The number of anilines is 1. The van der Waals surface area contributed by atoms with Gasteiger partial charge in [0.05, 0.1) is 0 Å². The molecule has 2 heterocycles. The van der Waals surface area contributed by atoms with E-state index in [-0.39, 0.29) is 5.28 Å². The Kier molecular flexibility index (Phi) is 5.05. The number of nitrogens with zero attached hydrogens (tertiary/aromatic N) is 5. The quantitative estimate of drug-likeness (QED) is 0.776. The van der Waals surface area contributed by atoms with E-state index in [9.17, 15) is 0 Å². The zero-order valence-corrected chi connectivity index (χ0v) is 11.3. The van der Waals surface area contributed by atoms with Crippen LogP contribution in [-0.4, -0.2) is 44.8 Å². The fraction of sp³-hybridized carbons (Fsp3) is 0.455. The number of ether oxygens (including phenoxy) is 1. The molecule has 0 amide bonds. The predicted octanol–water partition coefficient (Wildman–Crippen LogP) is 1.55. The lowest BCUT2D eigenvalue weighted by molar-refractivity contribution is 0.193. The third kappa shape index (κ3) is 4.15. The Labute approximate surface area is 116 Å². The summed E-state index contributed by atoms with van der Waals surface area (Å²) < 4.78 is 6.65. The largest absolute Gasteiger partial charge is 0.385 e. The van der Waals surface area contributed by atoms with E-state index >= 15 is 0 Å². The first-order chi connectivity index (χ1) is 9.29. The summed E-state index contributed by atoms with van der Waals surface area (Å²) in [5.74, 6) is 0.901. The van der Waals surface area contributed by atoms with Gasteiger partial charge in [0.1, 0.15) is 6.33 Å². The summed E-state index contributed by atoms with van der Waals surface area (Å²) in [6.45, 7) is 1.51. The normalized spacial score (nSPS) is 10.6. The predicted molar refractivity (Wildman–Crippen MR) is 71.6 cm³/mol. The Bertz CT molecular complexity index is 504. The highest BCUT2D eigenvalue weighted by Crippen LogP contribution is 2.09. The molecule has 8 heteroatoms. The Morgan fingerprint density at radius 1 is 1.32 bits per heavy atom. The van der Waals surface area contributed by atoms with E-state index in [1.807, 2.05) is 0 Å². The lowest BCUT2D eigenvalue weighted by Crippen LogP contribution is -2.10. The average molecular weight is 283 g/mol. The maximum Gasteiger partial charge on any atom is 0.241 e. The molecule has 0 fully saturated rings. The van der Waals surface area contributed by atoms with Crippen molar-refractivity contribution in [2.45, 2.75) is 12.8 Å². The van der Waals surface area contributed by atoms with Crippen molar-refractivity contribution in [2.24, 2.45) is 0 Å². The van der Waals surface area contributed by atoms with Crippen molar-refractivity contribution in [3.63, 3.8) is 0 Å². The number of nitrogens with one attached hydrogen (secondary N) is 1. The van der Waals surface area contributed by atoms with Gasteiger partial charge in [-0.1, -0.05) is 0 Å². The zero-order chi connectivity index (χ0) is 13.5. The first-order valence-corrected chi connectivity index (χ1v) is 6.30. The van der Waals surface area contributed by atoms with Gasteiger partial charge >= 0.3 is 0 Å². The van der Waals surface area contributed by atoms with Crippen LogP contribution in [0.1, 0.15) is 12.8 Å². The van der Waals surface area contributed by atoms with Crippen molar-refractivity contribution >= 4 is 17.5 Å². The highest BCUT2D eigenvalue weighted by molar-refractivity contribution is 6.28. The van der Waals surface area contributed by atoms with Crippen LogP contribution >= 0.6 is 11.6 Å². The molecule has 0 aliphatic rings. The maximum absolute atomic E-state index is 5.87. The van der Waals surface area contributed by atoms with E-state index in [0.717, 1.165) is 26.0 Å². The molecule has 102 valence electrons. The molecule has 0 radical (unpaired) electrons. The topological polar surface area (TPSA) is 77.8 Å². The van der Waals surface area contributed by atoms with E-state index < -0.39 is 0 Å². The molecule has 7 nitrogen and oxygen atoms in total. The van der Waals surface area contributed by atoms with Gasteiger partial charge in [0.25, 0.3) is 0 Å². The minimum atomic E-state index is 0.151. The highest BCUT2D eigenvalue weighted by Gasteiger charge is 2.05. The van der Waals surface area contributed by atoms with Crippen LogP contribution in [0.5, 0.6) is 0 Å². The molecule has 0 bridgehead atoms. The Balaban J connectivity index is 1.97. The smallest absolute Gasteiger partial charge is 0.241 e. The Hall–Kier alpha value is -1.73.